The lowest BCUT2D eigenvalue weighted by atomic mass is 10.2. The van der Waals surface area contributed by atoms with Crippen LogP contribution in [0.2, 0.25) is 0 Å². The molecular weight excluding hydrogens is 172 g/mol. The third-order valence-corrected chi connectivity index (χ3v) is 1.51. The molecule has 0 bridgehead atoms. The fraction of sp³-hybridized carbons (Fsp3) is 0.222. The Morgan fingerprint density at radius 1 is 1.46 bits per heavy atom. The van der Waals surface area contributed by atoms with Gasteiger partial charge in [0.15, 0.2) is 6.29 Å². The summed E-state index contributed by atoms with van der Waals surface area (Å²) in [5, 5.41) is 17.7. The van der Waals surface area contributed by atoms with Gasteiger partial charge in [-0.2, -0.15) is 0 Å². The molecule has 2 N–H and O–H groups in total. The molecule has 0 saturated heterocycles. The lowest BCUT2D eigenvalue weighted by Gasteiger charge is -2.07. The van der Waals surface area contributed by atoms with Gasteiger partial charge in [-0.1, -0.05) is 6.07 Å². The first-order valence-corrected chi connectivity index (χ1v) is 3.80. The van der Waals surface area contributed by atoms with Crippen LogP contribution in [-0.4, -0.2) is 29.7 Å². The zero-order chi connectivity index (χ0) is 9.68. The van der Waals surface area contributed by atoms with Crippen LogP contribution in [0, 0.1) is 0 Å². The number of phenols is 1. The smallest absolute Gasteiger partial charge is 0.157 e. The van der Waals surface area contributed by atoms with Crippen molar-refractivity contribution >= 4 is 6.29 Å². The highest BCUT2D eigenvalue weighted by Crippen LogP contribution is 2.25. The SMILES string of the molecule is O=Cc1c(O)cccc1OCCO. The summed E-state index contributed by atoms with van der Waals surface area (Å²) in [5.74, 6) is 0.162. The molecule has 0 saturated carbocycles. The summed E-state index contributed by atoms with van der Waals surface area (Å²) in [6.45, 7) is -0.0295. The molecule has 0 aromatic heterocycles. The number of aromatic hydroxyl groups is 1. The van der Waals surface area contributed by atoms with E-state index in [2.05, 4.69) is 0 Å². The average Bonchev–Trinajstić information content (AvgIpc) is 2.15. The third-order valence-electron chi connectivity index (χ3n) is 1.51. The van der Waals surface area contributed by atoms with Crippen LogP contribution in [0.4, 0.5) is 0 Å². The van der Waals surface area contributed by atoms with E-state index in [0.29, 0.717) is 6.29 Å². The fourth-order valence-corrected chi connectivity index (χ4v) is 0.932. The number of ether oxygens (including phenoxy) is 1. The van der Waals surface area contributed by atoms with Crippen molar-refractivity contribution in [2.75, 3.05) is 13.2 Å². The molecule has 0 fully saturated rings. The van der Waals surface area contributed by atoms with Gasteiger partial charge in [-0.05, 0) is 12.1 Å². The van der Waals surface area contributed by atoms with Gasteiger partial charge in [-0.3, -0.25) is 4.79 Å². The van der Waals surface area contributed by atoms with Crippen molar-refractivity contribution in [3.63, 3.8) is 0 Å². The molecule has 0 heterocycles. The van der Waals surface area contributed by atoms with E-state index in [1.54, 1.807) is 12.1 Å². The predicted octanol–water partition coefficient (Wildman–Crippen LogP) is 0.576. The van der Waals surface area contributed by atoms with E-state index >= 15 is 0 Å². The summed E-state index contributed by atoms with van der Waals surface area (Å²) in [6.07, 6.45) is 0.516. The van der Waals surface area contributed by atoms with Gasteiger partial charge in [0.2, 0.25) is 0 Å². The number of hydrogen-bond donors (Lipinski definition) is 2. The van der Waals surface area contributed by atoms with E-state index < -0.39 is 0 Å². The van der Waals surface area contributed by atoms with Gasteiger partial charge >= 0.3 is 0 Å². The largest absolute Gasteiger partial charge is 0.507 e. The van der Waals surface area contributed by atoms with Gasteiger partial charge in [-0.15, -0.1) is 0 Å². The molecule has 1 rings (SSSR count). The summed E-state index contributed by atoms with van der Waals surface area (Å²) in [7, 11) is 0. The lowest BCUT2D eigenvalue weighted by molar-refractivity contribution is 0.111. The number of carbonyl (C=O) groups is 1. The fourth-order valence-electron chi connectivity index (χ4n) is 0.932. The summed E-state index contributed by atoms with van der Waals surface area (Å²) >= 11 is 0. The van der Waals surface area contributed by atoms with Gasteiger partial charge < -0.3 is 14.9 Å². The van der Waals surface area contributed by atoms with E-state index in [4.69, 9.17) is 9.84 Å². The van der Waals surface area contributed by atoms with Crippen molar-refractivity contribution in [1.82, 2.24) is 0 Å². The average molecular weight is 182 g/mol. The van der Waals surface area contributed by atoms with Gasteiger partial charge in [0.1, 0.15) is 18.1 Å². The molecule has 13 heavy (non-hydrogen) atoms. The molecule has 0 aliphatic carbocycles. The highest BCUT2D eigenvalue weighted by atomic mass is 16.5. The van der Waals surface area contributed by atoms with Crippen LogP contribution in [0.25, 0.3) is 0 Å². The predicted molar refractivity (Wildman–Crippen MR) is 46.1 cm³/mol. The second kappa shape index (κ2) is 4.47. The number of phenolic OH excluding ortho intramolecular Hbond substituents is 1. The number of aliphatic hydroxyl groups is 1. The van der Waals surface area contributed by atoms with Gasteiger partial charge in [0, 0.05) is 0 Å². The Bertz CT molecular complexity index is 296. The van der Waals surface area contributed by atoms with Gasteiger partial charge in [0.05, 0.1) is 12.2 Å². The first-order valence-electron chi connectivity index (χ1n) is 3.80. The van der Waals surface area contributed by atoms with Gasteiger partial charge in [-0.25, -0.2) is 0 Å². The van der Waals surface area contributed by atoms with Crippen LogP contribution in [-0.2, 0) is 0 Å². The van der Waals surface area contributed by atoms with Crippen molar-refractivity contribution < 1.29 is 19.7 Å². The van der Waals surface area contributed by atoms with Crippen LogP contribution in [0.3, 0.4) is 0 Å². The maximum atomic E-state index is 10.5. The van der Waals surface area contributed by atoms with E-state index in [0.717, 1.165) is 0 Å². The number of carbonyl (C=O) groups excluding carboxylic acids is 1. The van der Waals surface area contributed by atoms with Crippen molar-refractivity contribution in [2.45, 2.75) is 0 Å². The Balaban J connectivity index is 2.91. The third kappa shape index (κ3) is 2.19. The second-order valence-corrected chi connectivity index (χ2v) is 2.38. The Morgan fingerprint density at radius 3 is 2.85 bits per heavy atom. The first-order chi connectivity index (χ1) is 6.29. The van der Waals surface area contributed by atoms with Crippen molar-refractivity contribution in [3.05, 3.63) is 23.8 Å². The van der Waals surface area contributed by atoms with E-state index in [1.165, 1.54) is 6.07 Å². The molecule has 0 unspecified atom stereocenters. The minimum Gasteiger partial charge on any atom is -0.507 e. The Kier molecular flexibility index (Phi) is 3.28. The first kappa shape index (κ1) is 9.54. The van der Waals surface area contributed by atoms with Crippen molar-refractivity contribution in [1.29, 1.82) is 0 Å². The maximum Gasteiger partial charge on any atom is 0.157 e. The van der Waals surface area contributed by atoms with Crippen LogP contribution in [0.5, 0.6) is 11.5 Å². The van der Waals surface area contributed by atoms with Gasteiger partial charge in [0.25, 0.3) is 0 Å². The summed E-state index contributed by atoms with van der Waals surface area (Å²) in [5.41, 5.74) is 0.107. The monoisotopic (exact) mass is 182 g/mol. The number of benzene rings is 1. The number of aliphatic hydroxyl groups excluding tert-OH is 1. The molecule has 70 valence electrons. The summed E-state index contributed by atoms with van der Waals surface area (Å²) < 4.78 is 5.02. The molecule has 4 heteroatoms. The Labute approximate surface area is 75.4 Å². The molecule has 0 aliphatic heterocycles. The van der Waals surface area contributed by atoms with Crippen molar-refractivity contribution in [2.24, 2.45) is 0 Å². The van der Waals surface area contributed by atoms with Crippen LogP contribution < -0.4 is 4.74 Å². The Morgan fingerprint density at radius 2 is 2.23 bits per heavy atom. The van der Waals surface area contributed by atoms with E-state index in [1.807, 2.05) is 0 Å². The molecular formula is C9H10O4. The highest BCUT2D eigenvalue weighted by Gasteiger charge is 2.06. The summed E-state index contributed by atoms with van der Waals surface area (Å²) in [4.78, 5) is 10.5. The standard InChI is InChI=1S/C9H10O4/c10-4-5-13-9-3-1-2-8(12)7(9)6-11/h1-3,6,10,12H,4-5H2. The number of aldehydes is 1. The summed E-state index contributed by atoms with van der Waals surface area (Å²) in [6, 6.07) is 4.52. The molecule has 0 amide bonds. The highest BCUT2D eigenvalue weighted by molar-refractivity contribution is 5.83. The Hall–Kier alpha value is -1.55. The molecule has 0 aliphatic rings. The topological polar surface area (TPSA) is 66.8 Å². The van der Waals surface area contributed by atoms with Crippen LogP contribution >= 0.6 is 0 Å². The maximum absolute atomic E-state index is 10.5. The van der Waals surface area contributed by atoms with Crippen LogP contribution in [0.1, 0.15) is 10.4 Å². The van der Waals surface area contributed by atoms with E-state index in [9.17, 15) is 9.90 Å². The second-order valence-electron chi connectivity index (χ2n) is 2.38. The molecule has 1 aromatic rings. The molecule has 0 radical (unpaired) electrons. The molecule has 4 nitrogen and oxygen atoms in total. The lowest BCUT2D eigenvalue weighted by Crippen LogP contribution is -2.03. The number of rotatable bonds is 4. The van der Waals surface area contributed by atoms with E-state index in [-0.39, 0.29) is 30.3 Å². The zero-order valence-corrected chi connectivity index (χ0v) is 6.93. The zero-order valence-electron chi connectivity index (χ0n) is 6.93. The molecule has 0 spiro atoms. The molecule has 0 atom stereocenters. The normalized spacial score (nSPS) is 9.62. The number of hydrogen-bond acceptors (Lipinski definition) is 4. The van der Waals surface area contributed by atoms with Crippen molar-refractivity contribution in [3.8, 4) is 11.5 Å². The quantitative estimate of drug-likeness (QED) is 0.668. The minimum atomic E-state index is -0.131. The molecule has 1 aromatic carbocycles. The minimum absolute atomic E-state index is 0.101. The van der Waals surface area contributed by atoms with Crippen LogP contribution in [0.15, 0.2) is 18.2 Å².